The number of nitrogens with one attached hydrogen (secondary N) is 1. The average Bonchev–Trinajstić information content (AvgIpc) is 2.99. The highest BCUT2D eigenvalue weighted by Gasteiger charge is 2.33. The van der Waals surface area contributed by atoms with Crippen molar-refractivity contribution in [3.63, 3.8) is 0 Å². The molecular weight excluding hydrogens is 236 g/mol. The number of likely N-dealkylation sites (tertiary alicyclic amines) is 1. The molecule has 2 fully saturated rings. The fourth-order valence-electron chi connectivity index (χ4n) is 3.63. The summed E-state index contributed by atoms with van der Waals surface area (Å²) in [5.41, 5.74) is 0. The Morgan fingerprint density at radius 3 is 2.63 bits per heavy atom. The topological polar surface area (TPSA) is 24.5 Å². The molecule has 2 saturated heterocycles. The number of ether oxygens (including phenoxy) is 1. The van der Waals surface area contributed by atoms with Crippen molar-refractivity contribution in [3.8, 4) is 0 Å². The highest BCUT2D eigenvalue weighted by molar-refractivity contribution is 4.88. The lowest BCUT2D eigenvalue weighted by molar-refractivity contribution is 0.0138. The molecule has 1 N–H and O–H groups in total. The van der Waals surface area contributed by atoms with Gasteiger partial charge in [0.15, 0.2) is 0 Å². The molecule has 2 aliphatic rings. The highest BCUT2D eigenvalue weighted by Crippen LogP contribution is 2.29. The second kappa shape index (κ2) is 7.61. The first kappa shape index (κ1) is 15.3. The molecule has 0 bridgehead atoms. The quantitative estimate of drug-likeness (QED) is 0.719. The fourth-order valence-corrected chi connectivity index (χ4v) is 3.63. The number of hydrogen-bond donors (Lipinski definition) is 1. The Labute approximate surface area is 119 Å². The first-order chi connectivity index (χ1) is 9.24. The van der Waals surface area contributed by atoms with Crippen LogP contribution in [0.25, 0.3) is 0 Å². The molecule has 19 heavy (non-hydrogen) atoms. The summed E-state index contributed by atoms with van der Waals surface area (Å²) in [5.74, 6) is 0. The third-order valence-corrected chi connectivity index (χ3v) is 4.83. The third-order valence-electron chi connectivity index (χ3n) is 4.83. The van der Waals surface area contributed by atoms with Crippen molar-refractivity contribution < 1.29 is 4.74 Å². The van der Waals surface area contributed by atoms with Crippen LogP contribution in [-0.2, 0) is 4.74 Å². The van der Waals surface area contributed by atoms with Crippen molar-refractivity contribution in [2.24, 2.45) is 0 Å². The fraction of sp³-hybridized carbons (Fsp3) is 1.00. The number of nitrogens with zero attached hydrogens (tertiary/aromatic N) is 1. The zero-order valence-corrected chi connectivity index (χ0v) is 13.0. The maximum Gasteiger partial charge on any atom is 0.0707 e. The average molecular weight is 268 g/mol. The van der Waals surface area contributed by atoms with E-state index in [1.54, 1.807) is 0 Å². The summed E-state index contributed by atoms with van der Waals surface area (Å²) in [6, 6.07) is 1.56. The molecule has 0 amide bonds. The minimum Gasteiger partial charge on any atom is -0.372 e. The van der Waals surface area contributed by atoms with Gasteiger partial charge in [-0.2, -0.15) is 0 Å². The molecular formula is C16H32N2O. The molecule has 0 aromatic rings. The largest absolute Gasteiger partial charge is 0.372 e. The summed E-state index contributed by atoms with van der Waals surface area (Å²) in [7, 11) is 0. The van der Waals surface area contributed by atoms with Gasteiger partial charge in [-0.15, -0.1) is 0 Å². The Morgan fingerprint density at radius 1 is 1.11 bits per heavy atom. The van der Waals surface area contributed by atoms with Gasteiger partial charge in [-0.25, -0.2) is 0 Å². The van der Waals surface area contributed by atoms with Gasteiger partial charge in [0, 0.05) is 25.2 Å². The van der Waals surface area contributed by atoms with Gasteiger partial charge >= 0.3 is 0 Å². The van der Waals surface area contributed by atoms with Gasteiger partial charge in [-0.05, 0) is 52.0 Å². The first-order valence-corrected chi connectivity index (χ1v) is 8.36. The molecule has 4 unspecified atom stereocenters. The smallest absolute Gasteiger partial charge is 0.0707 e. The second-order valence-electron chi connectivity index (χ2n) is 6.35. The molecule has 0 aromatic carbocycles. The minimum absolute atomic E-state index is 0.453. The van der Waals surface area contributed by atoms with Crippen LogP contribution < -0.4 is 5.32 Å². The van der Waals surface area contributed by atoms with E-state index in [2.05, 4.69) is 31.0 Å². The molecule has 0 saturated carbocycles. The van der Waals surface area contributed by atoms with E-state index >= 15 is 0 Å². The van der Waals surface area contributed by atoms with E-state index < -0.39 is 0 Å². The summed E-state index contributed by atoms with van der Waals surface area (Å²) in [6.07, 6.45) is 8.66. The predicted octanol–water partition coefficient (Wildman–Crippen LogP) is 2.80. The van der Waals surface area contributed by atoms with E-state index in [-0.39, 0.29) is 0 Å². The van der Waals surface area contributed by atoms with E-state index in [1.807, 2.05) is 0 Å². The van der Waals surface area contributed by atoms with Gasteiger partial charge in [0.2, 0.25) is 0 Å². The molecule has 0 spiro atoms. The molecule has 0 radical (unpaired) electrons. The molecule has 2 rings (SSSR count). The van der Waals surface area contributed by atoms with Crippen molar-refractivity contribution in [2.45, 2.75) is 83.6 Å². The van der Waals surface area contributed by atoms with Gasteiger partial charge in [0.05, 0.1) is 12.2 Å². The van der Waals surface area contributed by atoms with Crippen LogP contribution in [0.3, 0.4) is 0 Å². The molecule has 0 aromatic heterocycles. The van der Waals surface area contributed by atoms with Gasteiger partial charge in [-0.1, -0.05) is 13.8 Å². The Balaban J connectivity index is 1.72. The zero-order valence-electron chi connectivity index (χ0n) is 13.0. The van der Waals surface area contributed by atoms with Gasteiger partial charge < -0.3 is 10.1 Å². The maximum atomic E-state index is 6.21. The Bertz CT molecular complexity index is 259. The van der Waals surface area contributed by atoms with Crippen LogP contribution in [0.5, 0.6) is 0 Å². The van der Waals surface area contributed by atoms with Crippen molar-refractivity contribution in [2.75, 3.05) is 19.6 Å². The SMILES string of the molecule is CCCNCC1CCC(CN2C(C)CCC2CC)O1. The van der Waals surface area contributed by atoms with E-state index in [4.69, 9.17) is 4.74 Å². The lowest BCUT2D eigenvalue weighted by Gasteiger charge is -2.30. The van der Waals surface area contributed by atoms with Crippen molar-refractivity contribution in [1.29, 1.82) is 0 Å². The normalized spacial score (nSPS) is 36.2. The summed E-state index contributed by atoms with van der Waals surface area (Å²) < 4.78 is 6.21. The van der Waals surface area contributed by atoms with Crippen LogP contribution in [0.2, 0.25) is 0 Å². The molecule has 3 heteroatoms. The van der Waals surface area contributed by atoms with Crippen LogP contribution in [0.15, 0.2) is 0 Å². The summed E-state index contributed by atoms with van der Waals surface area (Å²) in [6.45, 7) is 10.2. The summed E-state index contributed by atoms with van der Waals surface area (Å²) in [4.78, 5) is 2.70. The molecule has 112 valence electrons. The zero-order chi connectivity index (χ0) is 13.7. The van der Waals surface area contributed by atoms with E-state index in [9.17, 15) is 0 Å². The van der Waals surface area contributed by atoms with Crippen LogP contribution in [0.4, 0.5) is 0 Å². The number of hydrogen-bond acceptors (Lipinski definition) is 3. The Hall–Kier alpha value is -0.120. The molecule has 0 aliphatic carbocycles. The van der Waals surface area contributed by atoms with Crippen molar-refractivity contribution in [3.05, 3.63) is 0 Å². The molecule has 2 aliphatic heterocycles. The summed E-state index contributed by atoms with van der Waals surface area (Å²) >= 11 is 0. The van der Waals surface area contributed by atoms with Crippen LogP contribution in [0.1, 0.15) is 59.3 Å². The third kappa shape index (κ3) is 4.17. The van der Waals surface area contributed by atoms with Gasteiger partial charge in [0.25, 0.3) is 0 Å². The van der Waals surface area contributed by atoms with Crippen LogP contribution >= 0.6 is 0 Å². The Morgan fingerprint density at radius 2 is 1.89 bits per heavy atom. The van der Waals surface area contributed by atoms with Crippen LogP contribution in [-0.4, -0.2) is 48.8 Å². The highest BCUT2D eigenvalue weighted by atomic mass is 16.5. The lowest BCUT2D eigenvalue weighted by Crippen LogP contribution is -2.40. The minimum atomic E-state index is 0.453. The molecule has 2 heterocycles. The predicted molar refractivity (Wildman–Crippen MR) is 80.5 cm³/mol. The van der Waals surface area contributed by atoms with E-state index in [1.165, 1.54) is 38.5 Å². The van der Waals surface area contributed by atoms with Gasteiger partial charge in [-0.3, -0.25) is 4.90 Å². The molecule has 3 nitrogen and oxygen atoms in total. The second-order valence-corrected chi connectivity index (χ2v) is 6.35. The number of rotatable bonds is 7. The van der Waals surface area contributed by atoms with Crippen LogP contribution in [0, 0.1) is 0 Å². The van der Waals surface area contributed by atoms with Crippen molar-refractivity contribution >= 4 is 0 Å². The van der Waals surface area contributed by atoms with E-state index in [0.29, 0.717) is 12.2 Å². The Kier molecular flexibility index (Phi) is 6.11. The lowest BCUT2D eigenvalue weighted by atomic mass is 10.1. The van der Waals surface area contributed by atoms with Gasteiger partial charge in [0.1, 0.15) is 0 Å². The maximum absolute atomic E-state index is 6.21. The van der Waals surface area contributed by atoms with E-state index in [0.717, 1.165) is 31.7 Å². The first-order valence-electron chi connectivity index (χ1n) is 8.36. The monoisotopic (exact) mass is 268 g/mol. The standard InChI is InChI=1S/C16H32N2O/c1-4-10-17-11-15-8-9-16(19-15)12-18-13(3)6-7-14(18)5-2/h13-17H,4-12H2,1-3H3. The molecule has 4 atom stereocenters. The van der Waals surface area contributed by atoms with Crippen molar-refractivity contribution in [1.82, 2.24) is 10.2 Å². The summed E-state index contributed by atoms with van der Waals surface area (Å²) in [5, 5.41) is 3.48.